The average molecular weight is 165 g/mol. The van der Waals surface area contributed by atoms with Crippen LogP contribution in [0.1, 0.15) is 0 Å². The Balaban J connectivity index is 2.81. The Bertz CT molecular complexity index is 256. The molecule has 58 valence electrons. The van der Waals surface area contributed by atoms with Gasteiger partial charge in [-0.15, -0.1) is 5.48 Å². The van der Waals surface area contributed by atoms with Crippen molar-refractivity contribution in [2.45, 2.75) is 5.50 Å². The first-order valence-corrected chi connectivity index (χ1v) is 4.40. The van der Waals surface area contributed by atoms with E-state index < -0.39 is 15.3 Å². The molecule has 0 aromatic heterocycles. The van der Waals surface area contributed by atoms with Gasteiger partial charge in [-0.1, -0.05) is 0 Å². The van der Waals surface area contributed by atoms with E-state index in [1.54, 1.807) is 0 Å². The van der Waals surface area contributed by atoms with Crippen LogP contribution in [0.5, 0.6) is 0 Å². The van der Waals surface area contributed by atoms with Gasteiger partial charge in [-0.05, 0) is 0 Å². The fraction of sp³-hybridized carbons (Fsp3) is 0.667. The first kappa shape index (κ1) is 7.29. The summed E-state index contributed by atoms with van der Waals surface area (Å²) in [5, 5.41) is 0. The molecule has 0 radical (unpaired) electrons. The van der Waals surface area contributed by atoms with Crippen molar-refractivity contribution in [1.29, 1.82) is 0 Å². The topological polar surface area (TPSA) is 93.8 Å². The van der Waals surface area contributed by atoms with Crippen molar-refractivity contribution >= 4 is 15.9 Å². The van der Waals surface area contributed by atoms with Gasteiger partial charge < -0.3 is 10.6 Å². The van der Waals surface area contributed by atoms with E-state index >= 15 is 0 Å². The molecule has 1 atom stereocenters. The van der Waals surface area contributed by atoms with Crippen LogP contribution in [0, 0.1) is 0 Å². The maximum absolute atomic E-state index is 10.7. The molecule has 0 aliphatic carbocycles. The van der Waals surface area contributed by atoms with E-state index in [0.29, 0.717) is 0 Å². The predicted octanol–water partition coefficient (Wildman–Crippen LogP) is -1.84. The molecule has 1 aliphatic heterocycles. The van der Waals surface area contributed by atoms with Crippen LogP contribution in [0.2, 0.25) is 0 Å². The Kier molecular flexibility index (Phi) is 1.53. The lowest BCUT2D eigenvalue weighted by atomic mass is 11.1. The van der Waals surface area contributed by atoms with Crippen molar-refractivity contribution in [3.05, 3.63) is 0 Å². The molecule has 0 bridgehead atoms. The highest BCUT2D eigenvalue weighted by molar-refractivity contribution is 7.91. The van der Waals surface area contributed by atoms with Crippen molar-refractivity contribution in [2.24, 2.45) is 10.7 Å². The number of aliphatic imine (C=N–C) groups is 1. The van der Waals surface area contributed by atoms with E-state index in [2.05, 4.69) is 15.3 Å². The summed E-state index contributed by atoms with van der Waals surface area (Å²) in [6, 6.07) is -0.157. The molecule has 1 rings (SSSR count). The molecular formula is C3H7N3O3S. The minimum Gasteiger partial charge on any atom is -0.368 e. The number of rotatable bonds is 1. The van der Waals surface area contributed by atoms with Crippen LogP contribution in [0.15, 0.2) is 4.99 Å². The molecule has 0 saturated carbocycles. The van der Waals surface area contributed by atoms with Gasteiger partial charge in [-0.3, -0.25) is 0 Å². The van der Waals surface area contributed by atoms with Gasteiger partial charge in [0.2, 0.25) is 5.50 Å². The minimum absolute atomic E-state index is 0.157. The molecule has 3 N–H and O–H groups in total. The molecule has 6 nitrogen and oxygen atoms in total. The largest absolute Gasteiger partial charge is 0.368 e. The van der Waals surface area contributed by atoms with Crippen molar-refractivity contribution in [2.75, 3.05) is 6.26 Å². The second kappa shape index (κ2) is 2.10. The normalized spacial score (nSPS) is 25.7. The molecule has 0 aromatic rings. The van der Waals surface area contributed by atoms with Crippen LogP contribution in [0.4, 0.5) is 0 Å². The number of hydroxylamine groups is 1. The zero-order chi connectivity index (χ0) is 7.78. The van der Waals surface area contributed by atoms with Crippen LogP contribution in [0.3, 0.4) is 0 Å². The molecule has 10 heavy (non-hydrogen) atoms. The zero-order valence-corrected chi connectivity index (χ0v) is 6.05. The summed E-state index contributed by atoms with van der Waals surface area (Å²) in [5.74, 6) is 0. The van der Waals surface area contributed by atoms with Crippen molar-refractivity contribution in [1.82, 2.24) is 5.48 Å². The van der Waals surface area contributed by atoms with E-state index in [4.69, 9.17) is 5.73 Å². The SMILES string of the molecule is CS(=O)(=O)C1N=C(N)ON1. The zero-order valence-electron chi connectivity index (χ0n) is 5.23. The van der Waals surface area contributed by atoms with Gasteiger partial charge >= 0.3 is 6.02 Å². The maximum atomic E-state index is 10.7. The van der Waals surface area contributed by atoms with Gasteiger partial charge in [0.25, 0.3) is 0 Å². The number of nitrogens with zero attached hydrogens (tertiary/aromatic N) is 1. The van der Waals surface area contributed by atoms with E-state index in [1.807, 2.05) is 0 Å². The maximum Gasteiger partial charge on any atom is 0.305 e. The Morgan fingerprint density at radius 1 is 1.80 bits per heavy atom. The fourth-order valence-corrected chi connectivity index (χ4v) is 0.980. The summed E-state index contributed by atoms with van der Waals surface area (Å²) in [6.07, 6.45) is 1.04. The number of amidine groups is 1. The van der Waals surface area contributed by atoms with Gasteiger partial charge in [-0.2, -0.15) is 4.99 Å². The third-order valence-electron chi connectivity index (χ3n) is 0.914. The van der Waals surface area contributed by atoms with Gasteiger partial charge in [0.1, 0.15) is 0 Å². The summed E-state index contributed by atoms with van der Waals surface area (Å²) in [6.45, 7) is 0. The van der Waals surface area contributed by atoms with Crippen LogP contribution in [0.25, 0.3) is 0 Å². The highest BCUT2D eigenvalue weighted by Gasteiger charge is 2.25. The molecule has 1 aliphatic rings. The van der Waals surface area contributed by atoms with Gasteiger partial charge in [-0.25, -0.2) is 8.42 Å². The standard InChI is InChI=1S/C3H7N3O3S/c1-10(7,8)3-5-2(4)9-6-3/h3,6H,1H3,(H2,4,5). The number of nitrogens with one attached hydrogen (secondary N) is 1. The molecule has 0 aromatic carbocycles. The number of hydrogen-bond donors (Lipinski definition) is 2. The lowest BCUT2D eigenvalue weighted by Crippen LogP contribution is -2.29. The summed E-state index contributed by atoms with van der Waals surface area (Å²) >= 11 is 0. The summed E-state index contributed by atoms with van der Waals surface area (Å²) in [7, 11) is -3.24. The average Bonchev–Trinajstić information content (AvgIpc) is 2.11. The van der Waals surface area contributed by atoms with Crippen LogP contribution in [-0.4, -0.2) is 26.2 Å². The molecule has 1 heterocycles. The number of nitrogens with two attached hydrogens (primary N) is 1. The molecular weight excluding hydrogens is 158 g/mol. The molecule has 0 amide bonds. The molecule has 0 spiro atoms. The number of sulfone groups is 1. The van der Waals surface area contributed by atoms with Gasteiger partial charge in [0, 0.05) is 6.26 Å². The fourth-order valence-electron chi connectivity index (χ4n) is 0.462. The molecule has 0 fully saturated rings. The van der Waals surface area contributed by atoms with Crippen molar-refractivity contribution < 1.29 is 13.3 Å². The highest BCUT2D eigenvalue weighted by Crippen LogP contribution is 2.01. The van der Waals surface area contributed by atoms with Crippen LogP contribution >= 0.6 is 0 Å². The minimum atomic E-state index is -3.24. The third-order valence-corrected chi connectivity index (χ3v) is 1.93. The smallest absolute Gasteiger partial charge is 0.305 e. The third kappa shape index (κ3) is 1.36. The lowest BCUT2D eigenvalue weighted by molar-refractivity contribution is 0.199. The second-order valence-electron chi connectivity index (χ2n) is 1.87. The van der Waals surface area contributed by atoms with E-state index in [-0.39, 0.29) is 6.02 Å². The predicted molar refractivity (Wildman–Crippen MR) is 34.5 cm³/mol. The first-order valence-electron chi connectivity index (χ1n) is 2.44. The van der Waals surface area contributed by atoms with E-state index in [9.17, 15) is 8.42 Å². The van der Waals surface area contributed by atoms with Crippen molar-refractivity contribution in [3.63, 3.8) is 0 Å². The van der Waals surface area contributed by atoms with E-state index in [1.165, 1.54) is 0 Å². The lowest BCUT2D eigenvalue weighted by Gasteiger charge is -2.00. The Hall–Kier alpha value is -0.820. The van der Waals surface area contributed by atoms with E-state index in [0.717, 1.165) is 6.26 Å². The monoisotopic (exact) mass is 165 g/mol. The second-order valence-corrected chi connectivity index (χ2v) is 3.97. The van der Waals surface area contributed by atoms with Crippen molar-refractivity contribution in [3.8, 4) is 0 Å². The highest BCUT2D eigenvalue weighted by atomic mass is 32.2. The summed E-state index contributed by atoms with van der Waals surface area (Å²) in [4.78, 5) is 7.82. The number of hydrogen-bond acceptors (Lipinski definition) is 6. The first-order chi connectivity index (χ1) is 4.50. The van der Waals surface area contributed by atoms with Gasteiger partial charge in [0.15, 0.2) is 9.84 Å². The van der Waals surface area contributed by atoms with Crippen LogP contribution in [-0.2, 0) is 14.7 Å². The Morgan fingerprint density at radius 2 is 2.40 bits per heavy atom. The molecule has 0 saturated heterocycles. The van der Waals surface area contributed by atoms with Crippen LogP contribution < -0.4 is 11.2 Å². The van der Waals surface area contributed by atoms with Gasteiger partial charge in [0.05, 0.1) is 0 Å². The molecule has 1 unspecified atom stereocenters. The summed E-state index contributed by atoms with van der Waals surface area (Å²) < 4.78 is 21.3. The molecule has 7 heteroatoms. The quantitative estimate of drug-likeness (QED) is 0.476. The summed E-state index contributed by atoms with van der Waals surface area (Å²) in [5.41, 5.74) is 6.10. The Labute approximate surface area is 57.9 Å². The Morgan fingerprint density at radius 3 is 2.60 bits per heavy atom.